The summed E-state index contributed by atoms with van der Waals surface area (Å²) in [4.78, 5) is 12.5. The van der Waals surface area contributed by atoms with E-state index < -0.39 is 6.10 Å². The number of hydrogen-bond acceptors (Lipinski definition) is 2. The summed E-state index contributed by atoms with van der Waals surface area (Å²) in [6.45, 7) is 5.79. The Morgan fingerprint density at radius 2 is 1.60 bits per heavy atom. The van der Waals surface area contributed by atoms with E-state index in [1.54, 1.807) is 6.92 Å². The first-order valence-electron chi connectivity index (χ1n) is 8.56. The SMILES string of the molecule is Cc1ccc(O[C@@H](C)C(=O)N[C@H](C)c2cccc3ccccc23)cc1. The monoisotopic (exact) mass is 333 g/mol. The highest BCUT2D eigenvalue weighted by atomic mass is 16.5. The minimum Gasteiger partial charge on any atom is -0.481 e. The van der Waals surface area contributed by atoms with Gasteiger partial charge in [0.05, 0.1) is 6.04 Å². The van der Waals surface area contributed by atoms with Crippen LogP contribution >= 0.6 is 0 Å². The molecule has 0 aliphatic carbocycles. The first-order chi connectivity index (χ1) is 12.0. The average Bonchev–Trinajstić information content (AvgIpc) is 2.63. The third kappa shape index (κ3) is 4.00. The second kappa shape index (κ2) is 7.39. The first-order valence-corrected chi connectivity index (χ1v) is 8.56. The number of amides is 1. The molecule has 0 radical (unpaired) electrons. The lowest BCUT2D eigenvalue weighted by atomic mass is 9.99. The quantitative estimate of drug-likeness (QED) is 0.729. The summed E-state index contributed by atoms with van der Waals surface area (Å²) < 4.78 is 5.74. The molecule has 0 saturated heterocycles. The highest BCUT2D eigenvalue weighted by molar-refractivity contribution is 5.87. The third-order valence-corrected chi connectivity index (χ3v) is 4.35. The van der Waals surface area contributed by atoms with Gasteiger partial charge in [-0.2, -0.15) is 0 Å². The predicted octanol–water partition coefficient (Wildman–Crippen LogP) is 4.79. The average molecular weight is 333 g/mol. The van der Waals surface area contributed by atoms with Crippen LogP contribution in [0, 0.1) is 6.92 Å². The zero-order valence-electron chi connectivity index (χ0n) is 14.8. The van der Waals surface area contributed by atoms with Crippen LogP contribution in [-0.2, 0) is 4.79 Å². The summed E-state index contributed by atoms with van der Waals surface area (Å²) in [5.74, 6) is 0.576. The van der Waals surface area contributed by atoms with E-state index in [4.69, 9.17) is 4.74 Å². The largest absolute Gasteiger partial charge is 0.481 e. The lowest BCUT2D eigenvalue weighted by Gasteiger charge is -2.20. The fraction of sp³-hybridized carbons (Fsp3) is 0.227. The van der Waals surface area contributed by atoms with E-state index in [-0.39, 0.29) is 11.9 Å². The van der Waals surface area contributed by atoms with Crippen molar-refractivity contribution in [2.45, 2.75) is 32.9 Å². The molecule has 1 N–H and O–H groups in total. The van der Waals surface area contributed by atoms with Crippen molar-refractivity contribution < 1.29 is 9.53 Å². The van der Waals surface area contributed by atoms with Gasteiger partial charge in [-0.1, -0.05) is 60.2 Å². The van der Waals surface area contributed by atoms with Gasteiger partial charge in [0, 0.05) is 0 Å². The van der Waals surface area contributed by atoms with Gasteiger partial charge in [-0.3, -0.25) is 4.79 Å². The Kier molecular flexibility index (Phi) is 5.03. The van der Waals surface area contributed by atoms with Crippen molar-refractivity contribution in [3.63, 3.8) is 0 Å². The maximum absolute atomic E-state index is 12.5. The molecule has 3 aromatic rings. The van der Waals surface area contributed by atoms with Crippen molar-refractivity contribution in [3.05, 3.63) is 77.9 Å². The van der Waals surface area contributed by atoms with Crippen molar-refractivity contribution in [2.24, 2.45) is 0 Å². The predicted molar refractivity (Wildman–Crippen MR) is 102 cm³/mol. The molecule has 25 heavy (non-hydrogen) atoms. The number of benzene rings is 3. The van der Waals surface area contributed by atoms with Gasteiger partial charge in [0.25, 0.3) is 5.91 Å². The van der Waals surface area contributed by atoms with E-state index in [9.17, 15) is 4.79 Å². The van der Waals surface area contributed by atoms with Crippen molar-refractivity contribution in [3.8, 4) is 5.75 Å². The Labute approximate surface area is 148 Å². The molecule has 0 saturated carbocycles. The van der Waals surface area contributed by atoms with Gasteiger partial charge in [-0.25, -0.2) is 0 Å². The molecule has 0 heterocycles. The van der Waals surface area contributed by atoms with Gasteiger partial charge < -0.3 is 10.1 Å². The second-order valence-corrected chi connectivity index (χ2v) is 6.37. The maximum atomic E-state index is 12.5. The van der Waals surface area contributed by atoms with E-state index in [2.05, 4.69) is 29.6 Å². The number of carbonyl (C=O) groups is 1. The molecule has 2 atom stereocenters. The van der Waals surface area contributed by atoms with Gasteiger partial charge >= 0.3 is 0 Å². The van der Waals surface area contributed by atoms with Crippen LogP contribution in [0.5, 0.6) is 5.75 Å². The Morgan fingerprint density at radius 1 is 0.920 bits per heavy atom. The summed E-state index contributed by atoms with van der Waals surface area (Å²) in [6.07, 6.45) is -0.555. The van der Waals surface area contributed by atoms with E-state index in [1.165, 1.54) is 5.39 Å². The summed E-state index contributed by atoms with van der Waals surface area (Å²) in [7, 11) is 0. The van der Waals surface area contributed by atoms with Gasteiger partial charge in [0.1, 0.15) is 5.75 Å². The number of hydrogen-bond donors (Lipinski definition) is 1. The molecule has 0 aliphatic rings. The lowest BCUT2D eigenvalue weighted by molar-refractivity contribution is -0.127. The van der Waals surface area contributed by atoms with Crippen LogP contribution in [0.2, 0.25) is 0 Å². The highest BCUT2D eigenvalue weighted by Crippen LogP contribution is 2.24. The molecule has 0 aliphatic heterocycles. The van der Waals surface area contributed by atoms with Crippen LogP contribution in [-0.4, -0.2) is 12.0 Å². The zero-order valence-corrected chi connectivity index (χ0v) is 14.8. The number of carbonyl (C=O) groups excluding carboxylic acids is 1. The highest BCUT2D eigenvalue weighted by Gasteiger charge is 2.18. The van der Waals surface area contributed by atoms with E-state index in [1.807, 2.05) is 56.3 Å². The summed E-state index contributed by atoms with van der Waals surface area (Å²) in [6, 6.07) is 22.0. The van der Waals surface area contributed by atoms with E-state index in [0.29, 0.717) is 5.75 Å². The molecule has 0 aromatic heterocycles. The molecule has 3 rings (SSSR count). The van der Waals surface area contributed by atoms with Crippen LogP contribution in [0.1, 0.15) is 31.0 Å². The van der Waals surface area contributed by atoms with Gasteiger partial charge in [-0.15, -0.1) is 0 Å². The Morgan fingerprint density at radius 3 is 2.36 bits per heavy atom. The molecule has 1 amide bonds. The van der Waals surface area contributed by atoms with Crippen LogP contribution in [0.3, 0.4) is 0 Å². The Bertz CT molecular complexity index is 865. The minimum atomic E-state index is -0.555. The standard InChI is InChI=1S/C22H23NO2/c1-15-11-13-19(14-12-15)25-17(3)22(24)23-16(2)20-10-6-8-18-7-4-5-9-21(18)20/h4-14,16-17H,1-3H3,(H,23,24)/t16-,17+/m1/s1. The molecule has 0 fully saturated rings. The number of nitrogens with one attached hydrogen (secondary N) is 1. The van der Waals surface area contributed by atoms with Crippen molar-refractivity contribution in [1.29, 1.82) is 0 Å². The number of aryl methyl sites for hydroxylation is 1. The van der Waals surface area contributed by atoms with Crippen LogP contribution < -0.4 is 10.1 Å². The van der Waals surface area contributed by atoms with Crippen molar-refractivity contribution >= 4 is 16.7 Å². The van der Waals surface area contributed by atoms with Crippen LogP contribution in [0.15, 0.2) is 66.7 Å². The van der Waals surface area contributed by atoms with Crippen LogP contribution in [0.25, 0.3) is 10.8 Å². The molecule has 0 spiro atoms. The van der Waals surface area contributed by atoms with E-state index in [0.717, 1.165) is 16.5 Å². The van der Waals surface area contributed by atoms with Crippen LogP contribution in [0.4, 0.5) is 0 Å². The van der Waals surface area contributed by atoms with Crippen molar-refractivity contribution in [2.75, 3.05) is 0 Å². The van der Waals surface area contributed by atoms with Gasteiger partial charge in [0.2, 0.25) is 0 Å². The van der Waals surface area contributed by atoms with Gasteiger partial charge in [0.15, 0.2) is 6.10 Å². The fourth-order valence-corrected chi connectivity index (χ4v) is 2.91. The molecule has 128 valence electrons. The summed E-state index contributed by atoms with van der Waals surface area (Å²) in [5, 5.41) is 5.38. The normalized spacial score (nSPS) is 13.2. The summed E-state index contributed by atoms with van der Waals surface area (Å²) in [5.41, 5.74) is 2.27. The molecule has 0 bridgehead atoms. The molecule has 0 unspecified atom stereocenters. The molecule has 3 nitrogen and oxygen atoms in total. The molecule has 3 heteroatoms. The number of ether oxygens (including phenoxy) is 1. The third-order valence-electron chi connectivity index (χ3n) is 4.35. The minimum absolute atomic E-state index is 0.0948. The Balaban J connectivity index is 1.70. The number of rotatable bonds is 5. The smallest absolute Gasteiger partial charge is 0.261 e. The maximum Gasteiger partial charge on any atom is 0.261 e. The first kappa shape index (κ1) is 17.0. The zero-order chi connectivity index (χ0) is 17.8. The number of fused-ring (bicyclic) bond motifs is 1. The Hall–Kier alpha value is -2.81. The molecule has 3 aromatic carbocycles. The van der Waals surface area contributed by atoms with Crippen molar-refractivity contribution in [1.82, 2.24) is 5.32 Å². The second-order valence-electron chi connectivity index (χ2n) is 6.37. The van der Waals surface area contributed by atoms with E-state index >= 15 is 0 Å². The van der Waals surface area contributed by atoms with Gasteiger partial charge in [-0.05, 0) is 49.2 Å². The summed E-state index contributed by atoms with van der Waals surface area (Å²) >= 11 is 0. The molecular weight excluding hydrogens is 310 g/mol. The molecular formula is C22H23NO2. The fourth-order valence-electron chi connectivity index (χ4n) is 2.91. The lowest BCUT2D eigenvalue weighted by Crippen LogP contribution is -2.37. The topological polar surface area (TPSA) is 38.3 Å².